The fourth-order valence-electron chi connectivity index (χ4n) is 2.38. The minimum Gasteiger partial charge on any atom is -0.324 e. The van der Waals surface area contributed by atoms with Crippen LogP contribution in [0.25, 0.3) is 5.65 Å². The van der Waals surface area contributed by atoms with E-state index in [-0.39, 0.29) is 11.7 Å². The number of aromatic nitrogens is 3. The summed E-state index contributed by atoms with van der Waals surface area (Å²) in [6.45, 7) is 3.85. The molecule has 130 valence electrons. The summed E-state index contributed by atoms with van der Waals surface area (Å²) < 4.78 is 1.66. The standard InChI is InChI=1S/C16H13Cl3N4OS/c1-8-3-9(2)14(11(18)4-8)20-13(24)7-25-16-22-21-15-12(19)5-10(17)6-23(15)16/h3-6H,7H2,1-2H3,(H,20,24). The highest BCUT2D eigenvalue weighted by Gasteiger charge is 2.14. The number of carbonyl (C=O) groups is 1. The van der Waals surface area contributed by atoms with Gasteiger partial charge in [0, 0.05) is 6.20 Å². The average Bonchev–Trinajstić information content (AvgIpc) is 2.92. The molecule has 5 nitrogen and oxygen atoms in total. The number of hydrogen-bond donors (Lipinski definition) is 1. The van der Waals surface area contributed by atoms with Crippen molar-refractivity contribution in [2.24, 2.45) is 0 Å². The van der Waals surface area contributed by atoms with Crippen LogP contribution in [0.1, 0.15) is 11.1 Å². The minimum atomic E-state index is -0.191. The molecule has 3 aromatic rings. The SMILES string of the molecule is Cc1cc(C)c(NC(=O)CSc2nnc3c(Cl)cc(Cl)cn23)c(Cl)c1. The van der Waals surface area contributed by atoms with Crippen molar-refractivity contribution in [3.05, 3.63) is 50.6 Å². The number of rotatable bonds is 4. The lowest BCUT2D eigenvalue weighted by Crippen LogP contribution is -2.15. The summed E-state index contributed by atoms with van der Waals surface area (Å²) >= 11 is 19.5. The van der Waals surface area contributed by atoms with Gasteiger partial charge in [-0.15, -0.1) is 10.2 Å². The molecule has 0 aliphatic carbocycles. The van der Waals surface area contributed by atoms with Gasteiger partial charge in [-0.2, -0.15) is 0 Å². The number of halogens is 3. The summed E-state index contributed by atoms with van der Waals surface area (Å²) in [5.74, 6) is -0.0436. The number of fused-ring (bicyclic) bond motifs is 1. The Hall–Kier alpha value is -1.47. The molecule has 1 aromatic carbocycles. The predicted molar refractivity (Wildman–Crippen MR) is 103 cm³/mol. The molecule has 0 saturated heterocycles. The van der Waals surface area contributed by atoms with Crippen LogP contribution in [0, 0.1) is 13.8 Å². The zero-order chi connectivity index (χ0) is 18.1. The third kappa shape index (κ3) is 4.03. The molecule has 1 N–H and O–H groups in total. The van der Waals surface area contributed by atoms with Gasteiger partial charge < -0.3 is 5.32 Å². The Morgan fingerprint density at radius 1 is 1.16 bits per heavy atom. The lowest BCUT2D eigenvalue weighted by atomic mass is 10.1. The van der Waals surface area contributed by atoms with E-state index in [1.165, 1.54) is 11.8 Å². The van der Waals surface area contributed by atoms with Crippen molar-refractivity contribution < 1.29 is 4.79 Å². The molecule has 0 spiro atoms. The van der Waals surface area contributed by atoms with Gasteiger partial charge in [-0.1, -0.05) is 52.6 Å². The Balaban J connectivity index is 1.73. The van der Waals surface area contributed by atoms with Crippen molar-refractivity contribution >= 4 is 63.8 Å². The number of carbonyl (C=O) groups excluding carboxylic acids is 1. The molecule has 1 amide bonds. The van der Waals surface area contributed by atoms with Gasteiger partial charge in [0.05, 0.1) is 26.5 Å². The highest BCUT2D eigenvalue weighted by molar-refractivity contribution is 7.99. The van der Waals surface area contributed by atoms with E-state index in [0.717, 1.165) is 11.1 Å². The van der Waals surface area contributed by atoms with Gasteiger partial charge in [0.25, 0.3) is 0 Å². The second-order valence-electron chi connectivity index (χ2n) is 5.46. The minimum absolute atomic E-state index is 0.147. The molecular weight excluding hydrogens is 403 g/mol. The predicted octanol–water partition coefficient (Wildman–Crippen LogP) is 5.04. The first-order chi connectivity index (χ1) is 11.8. The second-order valence-corrected chi connectivity index (χ2v) is 7.65. The maximum atomic E-state index is 12.3. The molecule has 0 saturated carbocycles. The first-order valence-corrected chi connectivity index (χ1v) is 9.36. The van der Waals surface area contributed by atoms with E-state index in [0.29, 0.717) is 31.6 Å². The van der Waals surface area contributed by atoms with Crippen LogP contribution in [0.4, 0.5) is 5.69 Å². The topological polar surface area (TPSA) is 59.3 Å². The molecule has 0 atom stereocenters. The molecule has 0 bridgehead atoms. The van der Waals surface area contributed by atoms with Gasteiger partial charge in [-0.3, -0.25) is 9.20 Å². The van der Waals surface area contributed by atoms with Crippen LogP contribution in [0.2, 0.25) is 15.1 Å². The number of aryl methyl sites for hydroxylation is 2. The molecule has 2 heterocycles. The zero-order valence-electron chi connectivity index (χ0n) is 13.3. The number of benzene rings is 1. The molecule has 9 heteroatoms. The van der Waals surface area contributed by atoms with Crippen molar-refractivity contribution in [2.45, 2.75) is 19.0 Å². The van der Waals surface area contributed by atoms with Crippen molar-refractivity contribution in [1.82, 2.24) is 14.6 Å². The van der Waals surface area contributed by atoms with Crippen LogP contribution >= 0.6 is 46.6 Å². The number of hydrogen-bond acceptors (Lipinski definition) is 4. The molecule has 0 radical (unpaired) electrons. The Bertz CT molecular complexity index is 950. The van der Waals surface area contributed by atoms with E-state index >= 15 is 0 Å². The van der Waals surface area contributed by atoms with Crippen LogP contribution in [-0.2, 0) is 4.79 Å². The smallest absolute Gasteiger partial charge is 0.234 e. The van der Waals surface area contributed by atoms with E-state index in [1.54, 1.807) is 16.7 Å². The number of nitrogens with zero attached hydrogens (tertiary/aromatic N) is 3. The fourth-order valence-corrected chi connectivity index (χ4v) is 3.97. The maximum Gasteiger partial charge on any atom is 0.234 e. The first kappa shape index (κ1) is 18.3. The monoisotopic (exact) mass is 414 g/mol. The Morgan fingerprint density at radius 3 is 2.64 bits per heavy atom. The molecular formula is C16H13Cl3N4OS. The van der Waals surface area contributed by atoms with Crippen molar-refractivity contribution in [2.75, 3.05) is 11.1 Å². The summed E-state index contributed by atoms with van der Waals surface area (Å²) in [7, 11) is 0. The van der Waals surface area contributed by atoms with Gasteiger partial charge in [0.15, 0.2) is 10.8 Å². The van der Waals surface area contributed by atoms with Crippen molar-refractivity contribution in [3.63, 3.8) is 0 Å². The van der Waals surface area contributed by atoms with Crippen LogP contribution in [0.15, 0.2) is 29.6 Å². The molecule has 3 rings (SSSR count). The molecule has 0 unspecified atom stereocenters. The summed E-state index contributed by atoms with van der Waals surface area (Å²) in [6, 6.07) is 5.37. The zero-order valence-corrected chi connectivity index (χ0v) is 16.4. The summed E-state index contributed by atoms with van der Waals surface area (Å²) in [6.07, 6.45) is 1.66. The van der Waals surface area contributed by atoms with E-state index < -0.39 is 0 Å². The van der Waals surface area contributed by atoms with E-state index in [4.69, 9.17) is 34.8 Å². The van der Waals surface area contributed by atoms with Crippen molar-refractivity contribution in [1.29, 1.82) is 0 Å². The van der Waals surface area contributed by atoms with Gasteiger partial charge in [-0.05, 0) is 37.1 Å². The maximum absolute atomic E-state index is 12.3. The van der Waals surface area contributed by atoms with Gasteiger partial charge >= 0.3 is 0 Å². The highest BCUT2D eigenvalue weighted by Crippen LogP contribution is 2.28. The number of nitrogens with one attached hydrogen (secondary N) is 1. The number of anilines is 1. The van der Waals surface area contributed by atoms with Gasteiger partial charge in [0.2, 0.25) is 5.91 Å². The lowest BCUT2D eigenvalue weighted by Gasteiger charge is -2.11. The summed E-state index contributed by atoms with van der Waals surface area (Å²) in [5, 5.41) is 12.8. The third-order valence-electron chi connectivity index (χ3n) is 3.42. The number of thioether (sulfide) groups is 1. The Labute approximate surface area is 163 Å². The van der Waals surface area contributed by atoms with E-state index in [2.05, 4.69) is 15.5 Å². The Kier molecular flexibility index (Phi) is 5.43. The van der Waals surface area contributed by atoms with Gasteiger partial charge in [-0.25, -0.2) is 0 Å². The first-order valence-electron chi connectivity index (χ1n) is 7.24. The number of amides is 1. The largest absolute Gasteiger partial charge is 0.324 e. The van der Waals surface area contributed by atoms with Crippen LogP contribution in [-0.4, -0.2) is 26.3 Å². The average molecular weight is 416 g/mol. The molecule has 0 fully saturated rings. The van der Waals surface area contributed by atoms with Crippen LogP contribution in [0.3, 0.4) is 0 Å². The van der Waals surface area contributed by atoms with E-state index in [9.17, 15) is 4.79 Å². The molecule has 0 aliphatic heterocycles. The summed E-state index contributed by atoms with van der Waals surface area (Å²) in [4.78, 5) is 12.3. The summed E-state index contributed by atoms with van der Waals surface area (Å²) in [5.41, 5.74) is 3.06. The number of pyridine rings is 1. The quantitative estimate of drug-likeness (QED) is 0.607. The highest BCUT2D eigenvalue weighted by atomic mass is 35.5. The lowest BCUT2D eigenvalue weighted by molar-refractivity contribution is -0.113. The van der Waals surface area contributed by atoms with Crippen molar-refractivity contribution in [3.8, 4) is 0 Å². The van der Waals surface area contributed by atoms with Crippen LogP contribution < -0.4 is 5.32 Å². The fraction of sp³-hybridized carbons (Fsp3) is 0.188. The second kappa shape index (κ2) is 7.41. The van der Waals surface area contributed by atoms with Crippen LogP contribution in [0.5, 0.6) is 0 Å². The Morgan fingerprint density at radius 2 is 1.92 bits per heavy atom. The molecule has 25 heavy (non-hydrogen) atoms. The van der Waals surface area contributed by atoms with Gasteiger partial charge in [0.1, 0.15) is 0 Å². The molecule has 0 aliphatic rings. The molecule has 2 aromatic heterocycles. The van der Waals surface area contributed by atoms with E-state index in [1.807, 2.05) is 26.0 Å². The normalized spacial score (nSPS) is 11.1. The third-order valence-corrected chi connectivity index (χ3v) is 5.15.